The Balaban J connectivity index is 0.00000420. The van der Waals surface area contributed by atoms with Gasteiger partial charge in [0.1, 0.15) is 18.1 Å². The number of halogens is 3. The third-order valence-electron chi connectivity index (χ3n) is 3.92. The monoisotopic (exact) mass is 522 g/mol. The minimum atomic E-state index is -2.82. The van der Waals surface area contributed by atoms with Crippen molar-refractivity contribution in [2.24, 2.45) is 4.99 Å². The predicted octanol–water partition coefficient (Wildman–Crippen LogP) is 4.79. The predicted molar refractivity (Wildman–Crippen MR) is 120 cm³/mol. The molecule has 1 N–H and O–H groups in total. The quantitative estimate of drug-likeness (QED) is 0.322. The van der Waals surface area contributed by atoms with Crippen LogP contribution in [0.4, 0.5) is 8.78 Å². The molecule has 0 aliphatic heterocycles. The van der Waals surface area contributed by atoms with E-state index in [1.54, 1.807) is 18.3 Å². The number of alkyl halides is 2. The molecule has 1 aromatic carbocycles. The Labute approximate surface area is 187 Å². The minimum absolute atomic E-state index is 0. The number of guanidine groups is 1. The Morgan fingerprint density at radius 3 is 2.45 bits per heavy atom. The summed E-state index contributed by atoms with van der Waals surface area (Å²) in [5.41, 5.74) is 0.844. The van der Waals surface area contributed by atoms with Crippen molar-refractivity contribution in [1.82, 2.24) is 15.2 Å². The van der Waals surface area contributed by atoms with Crippen molar-refractivity contribution in [1.29, 1.82) is 0 Å². The van der Waals surface area contributed by atoms with Gasteiger partial charge in [-0.15, -0.1) is 24.0 Å². The fraction of sp³-hybridized carbons (Fsp3) is 0.500. The van der Waals surface area contributed by atoms with Crippen LogP contribution < -0.4 is 10.1 Å². The standard InChI is InChI=1S/C20H28F2N4O2.HI/c1-6-23-19(25-12-17-24-11-16(28-17)20(2,3)4)26(5)13-14-7-9-15(10-8-14)27-18(21)22;/h7-11,18H,6,12-13H2,1-5H3,(H,23,25);1H. The minimum Gasteiger partial charge on any atom is -0.443 e. The molecule has 6 nitrogen and oxygen atoms in total. The lowest BCUT2D eigenvalue weighted by atomic mass is 9.94. The van der Waals surface area contributed by atoms with Gasteiger partial charge in [-0.25, -0.2) is 9.98 Å². The van der Waals surface area contributed by atoms with Crippen LogP contribution in [0, 0.1) is 0 Å². The van der Waals surface area contributed by atoms with Crippen molar-refractivity contribution in [3.8, 4) is 5.75 Å². The van der Waals surface area contributed by atoms with E-state index in [1.165, 1.54) is 12.1 Å². The summed E-state index contributed by atoms with van der Waals surface area (Å²) in [5.74, 6) is 2.22. The van der Waals surface area contributed by atoms with Crippen LogP contribution in [-0.4, -0.2) is 36.0 Å². The first kappa shape index (κ1) is 25.1. The molecule has 0 saturated carbocycles. The first-order valence-electron chi connectivity index (χ1n) is 9.17. The van der Waals surface area contributed by atoms with Crippen molar-refractivity contribution < 1.29 is 17.9 Å². The molecule has 0 atom stereocenters. The first-order chi connectivity index (χ1) is 13.2. The summed E-state index contributed by atoms with van der Waals surface area (Å²) >= 11 is 0. The maximum absolute atomic E-state index is 12.2. The number of nitrogens with one attached hydrogen (secondary N) is 1. The summed E-state index contributed by atoms with van der Waals surface area (Å²) in [6, 6.07) is 6.56. The van der Waals surface area contributed by atoms with Gasteiger partial charge >= 0.3 is 6.61 Å². The maximum Gasteiger partial charge on any atom is 0.387 e. The summed E-state index contributed by atoms with van der Waals surface area (Å²) < 4.78 is 34.6. The molecule has 0 unspecified atom stereocenters. The van der Waals surface area contributed by atoms with Gasteiger partial charge in [0.15, 0.2) is 5.96 Å². The average molecular weight is 522 g/mol. The second-order valence-electron chi connectivity index (χ2n) is 7.42. The molecule has 0 radical (unpaired) electrons. The Morgan fingerprint density at radius 1 is 1.28 bits per heavy atom. The number of hydrogen-bond donors (Lipinski definition) is 1. The van der Waals surface area contributed by atoms with Gasteiger partial charge in [-0.1, -0.05) is 32.9 Å². The Bertz CT molecular complexity index is 774. The summed E-state index contributed by atoms with van der Waals surface area (Å²) in [6.07, 6.45) is 1.74. The molecular weight excluding hydrogens is 493 g/mol. The zero-order valence-electron chi connectivity index (χ0n) is 17.4. The summed E-state index contributed by atoms with van der Waals surface area (Å²) in [6.45, 7) is 6.95. The van der Waals surface area contributed by atoms with Crippen LogP contribution in [0.1, 0.15) is 44.9 Å². The van der Waals surface area contributed by atoms with Gasteiger partial charge in [0.2, 0.25) is 5.89 Å². The molecule has 0 fully saturated rings. The average Bonchev–Trinajstić information content (AvgIpc) is 3.09. The molecule has 2 rings (SSSR count). The van der Waals surface area contributed by atoms with Crippen LogP contribution in [0.25, 0.3) is 0 Å². The third kappa shape index (κ3) is 8.15. The van der Waals surface area contributed by atoms with Crippen LogP contribution in [0.15, 0.2) is 39.9 Å². The van der Waals surface area contributed by atoms with Crippen molar-refractivity contribution in [2.75, 3.05) is 13.6 Å². The zero-order valence-corrected chi connectivity index (χ0v) is 19.7. The van der Waals surface area contributed by atoms with Gasteiger partial charge in [0, 0.05) is 25.6 Å². The van der Waals surface area contributed by atoms with E-state index in [0.29, 0.717) is 31.5 Å². The van der Waals surface area contributed by atoms with E-state index >= 15 is 0 Å². The van der Waals surface area contributed by atoms with Crippen LogP contribution in [0.2, 0.25) is 0 Å². The van der Waals surface area contributed by atoms with Crippen LogP contribution >= 0.6 is 24.0 Å². The zero-order chi connectivity index (χ0) is 20.7. The van der Waals surface area contributed by atoms with Gasteiger partial charge in [0.05, 0.1) is 6.20 Å². The largest absolute Gasteiger partial charge is 0.443 e. The van der Waals surface area contributed by atoms with Gasteiger partial charge in [-0.3, -0.25) is 0 Å². The highest BCUT2D eigenvalue weighted by Crippen LogP contribution is 2.23. The summed E-state index contributed by atoms with van der Waals surface area (Å²) in [5, 5.41) is 3.23. The molecule has 1 aromatic heterocycles. The van der Waals surface area contributed by atoms with Crippen LogP contribution in [0.5, 0.6) is 5.75 Å². The third-order valence-corrected chi connectivity index (χ3v) is 3.92. The van der Waals surface area contributed by atoms with Gasteiger partial charge in [0.25, 0.3) is 0 Å². The highest BCUT2D eigenvalue weighted by molar-refractivity contribution is 14.0. The van der Waals surface area contributed by atoms with E-state index in [4.69, 9.17) is 4.42 Å². The normalized spacial score (nSPS) is 11.9. The lowest BCUT2D eigenvalue weighted by Gasteiger charge is -2.22. The summed E-state index contributed by atoms with van der Waals surface area (Å²) in [4.78, 5) is 10.8. The molecular formula is C20H29F2IN4O2. The molecule has 0 aliphatic rings. The van der Waals surface area contributed by atoms with E-state index in [9.17, 15) is 8.78 Å². The van der Waals surface area contributed by atoms with Crippen molar-refractivity contribution in [2.45, 2.75) is 52.8 Å². The number of hydrogen-bond acceptors (Lipinski definition) is 4. The molecule has 0 amide bonds. The highest BCUT2D eigenvalue weighted by Gasteiger charge is 2.19. The number of rotatable bonds is 7. The molecule has 162 valence electrons. The molecule has 0 aliphatic carbocycles. The second-order valence-corrected chi connectivity index (χ2v) is 7.42. The van der Waals surface area contributed by atoms with Gasteiger partial charge in [-0.05, 0) is 24.6 Å². The van der Waals surface area contributed by atoms with Gasteiger partial charge in [-0.2, -0.15) is 8.78 Å². The smallest absolute Gasteiger partial charge is 0.387 e. The lowest BCUT2D eigenvalue weighted by Crippen LogP contribution is -2.38. The number of ether oxygens (including phenoxy) is 1. The van der Waals surface area contributed by atoms with Crippen LogP contribution in [-0.2, 0) is 18.5 Å². The van der Waals surface area contributed by atoms with E-state index in [2.05, 4.69) is 40.8 Å². The lowest BCUT2D eigenvalue weighted by molar-refractivity contribution is -0.0498. The van der Waals surface area contributed by atoms with E-state index in [0.717, 1.165) is 11.3 Å². The molecule has 0 spiro atoms. The number of benzene rings is 1. The Kier molecular flexibility index (Phi) is 9.81. The fourth-order valence-electron chi connectivity index (χ4n) is 2.47. The van der Waals surface area contributed by atoms with Gasteiger partial charge < -0.3 is 19.4 Å². The van der Waals surface area contributed by atoms with E-state index in [1.807, 2.05) is 18.9 Å². The number of oxazole rings is 1. The fourth-order valence-corrected chi connectivity index (χ4v) is 2.47. The molecule has 2 aromatic rings. The number of nitrogens with zero attached hydrogens (tertiary/aromatic N) is 3. The second kappa shape index (κ2) is 11.3. The maximum atomic E-state index is 12.2. The molecule has 29 heavy (non-hydrogen) atoms. The number of aliphatic imine (C=N–C) groups is 1. The van der Waals surface area contributed by atoms with E-state index in [-0.39, 0.29) is 35.1 Å². The molecule has 0 saturated heterocycles. The Hall–Kier alpha value is -1.91. The Morgan fingerprint density at radius 2 is 1.93 bits per heavy atom. The van der Waals surface area contributed by atoms with Crippen LogP contribution in [0.3, 0.4) is 0 Å². The molecule has 1 heterocycles. The first-order valence-corrected chi connectivity index (χ1v) is 9.17. The van der Waals surface area contributed by atoms with Crippen molar-refractivity contribution in [3.63, 3.8) is 0 Å². The summed E-state index contributed by atoms with van der Waals surface area (Å²) in [7, 11) is 1.90. The van der Waals surface area contributed by atoms with Crippen molar-refractivity contribution >= 4 is 29.9 Å². The topological polar surface area (TPSA) is 62.9 Å². The SMILES string of the molecule is CCNC(=NCc1ncc(C(C)(C)C)o1)N(C)Cc1ccc(OC(F)F)cc1.I. The highest BCUT2D eigenvalue weighted by atomic mass is 127. The van der Waals surface area contributed by atoms with E-state index < -0.39 is 6.61 Å². The molecule has 0 bridgehead atoms. The molecule has 9 heteroatoms. The van der Waals surface area contributed by atoms with Crippen molar-refractivity contribution in [3.05, 3.63) is 47.7 Å². The number of aromatic nitrogens is 1.